The first-order valence-corrected chi connectivity index (χ1v) is 7.26. The van der Waals surface area contributed by atoms with Crippen molar-refractivity contribution in [2.75, 3.05) is 30.5 Å². The van der Waals surface area contributed by atoms with E-state index in [0.717, 1.165) is 25.7 Å². The summed E-state index contributed by atoms with van der Waals surface area (Å²) >= 11 is 0. The van der Waals surface area contributed by atoms with Gasteiger partial charge in [-0.05, 0) is 12.8 Å². The lowest BCUT2D eigenvalue weighted by Gasteiger charge is -2.25. The average molecular weight is 298 g/mol. The minimum Gasteiger partial charge on any atom is -0.382 e. The average Bonchev–Trinajstić information content (AvgIpc) is 2.38. The van der Waals surface area contributed by atoms with Crippen LogP contribution in [-0.4, -0.2) is 41.0 Å². The molecule has 1 aromatic rings. The van der Waals surface area contributed by atoms with Crippen LogP contribution in [0.25, 0.3) is 0 Å². The summed E-state index contributed by atoms with van der Waals surface area (Å²) in [5.41, 5.74) is 11.1. The van der Waals surface area contributed by atoms with E-state index in [0.29, 0.717) is 12.6 Å². The van der Waals surface area contributed by atoms with Gasteiger partial charge in [0.2, 0.25) is 17.8 Å². The predicted octanol–water partition coefficient (Wildman–Crippen LogP) is 1.41. The molecule has 0 saturated carbocycles. The topological polar surface area (TPSA) is 121 Å². The third-order valence-electron chi connectivity index (χ3n) is 2.83. The number of nitrogens with one attached hydrogen (secondary N) is 1. The molecule has 120 valence electrons. The first kappa shape index (κ1) is 17.4. The van der Waals surface area contributed by atoms with Gasteiger partial charge in [-0.3, -0.25) is 0 Å². The van der Waals surface area contributed by atoms with Crippen LogP contribution in [0, 0.1) is 0 Å². The van der Waals surface area contributed by atoms with Crippen molar-refractivity contribution in [3.63, 3.8) is 0 Å². The van der Waals surface area contributed by atoms with Crippen molar-refractivity contribution in [2.24, 2.45) is 0 Å². The molecule has 0 fully saturated rings. The van der Waals surface area contributed by atoms with Crippen molar-refractivity contribution in [3.8, 4) is 0 Å². The first-order valence-electron chi connectivity index (χ1n) is 7.26. The van der Waals surface area contributed by atoms with Gasteiger partial charge in [0.25, 0.3) is 0 Å². The number of hydrogen-bond donors (Lipinski definition) is 3. The molecule has 2 unspecified atom stereocenters. The van der Waals surface area contributed by atoms with E-state index < -0.39 is 0 Å². The SMILES string of the molecule is CCCC(COC)OC(CCC)Nc1nc(N)nc(N)n1. The highest BCUT2D eigenvalue weighted by atomic mass is 16.5. The molecule has 5 N–H and O–H groups in total. The van der Waals surface area contributed by atoms with Crippen LogP contribution in [-0.2, 0) is 9.47 Å². The minimum atomic E-state index is -0.220. The molecule has 8 heteroatoms. The molecular formula is C13H26N6O2. The molecule has 0 bridgehead atoms. The molecule has 2 atom stereocenters. The standard InChI is InChI=1S/C13H26N6O2/c1-4-6-9(8-20-3)21-10(7-5-2)16-13-18-11(14)17-12(15)19-13/h9-10H,4-8H2,1-3H3,(H5,14,15,16,17,18,19). The summed E-state index contributed by atoms with van der Waals surface area (Å²) in [6.45, 7) is 4.75. The van der Waals surface area contributed by atoms with E-state index in [1.54, 1.807) is 7.11 Å². The molecular weight excluding hydrogens is 272 g/mol. The summed E-state index contributed by atoms with van der Waals surface area (Å²) in [6.07, 6.45) is 3.54. The molecule has 0 aliphatic heterocycles. The number of anilines is 3. The number of aromatic nitrogens is 3. The molecule has 1 aromatic heterocycles. The molecule has 8 nitrogen and oxygen atoms in total. The van der Waals surface area contributed by atoms with Gasteiger partial charge in [-0.15, -0.1) is 0 Å². The Balaban J connectivity index is 2.70. The quantitative estimate of drug-likeness (QED) is 0.554. The molecule has 0 aromatic carbocycles. The van der Waals surface area contributed by atoms with Crippen LogP contribution < -0.4 is 16.8 Å². The fourth-order valence-electron chi connectivity index (χ4n) is 1.99. The van der Waals surface area contributed by atoms with E-state index in [9.17, 15) is 0 Å². The third-order valence-corrected chi connectivity index (χ3v) is 2.83. The highest BCUT2D eigenvalue weighted by molar-refractivity contribution is 5.37. The van der Waals surface area contributed by atoms with E-state index >= 15 is 0 Å². The summed E-state index contributed by atoms with van der Waals surface area (Å²) in [5, 5.41) is 3.11. The zero-order chi connectivity index (χ0) is 15.7. The van der Waals surface area contributed by atoms with Gasteiger partial charge in [0, 0.05) is 7.11 Å². The summed E-state index contributed by atoms with van der Waals surface area (Å²) in [4.78, 5) is 11.8. The number of ether oxygens (including phenoxy) is 2. The van der Waals surface area contributed by atoms with Crippen LogP contribution >= 0.6 is 0 Å². The second kappa shape index (κ2) is 9.30. The third kappa shape index (κ3) is 6.54. The van der Waals surface area contributed by atoms with Crippen molar-refractivity contribution in [3.05, 3.63) is 0 Å². The summed E-state index contributed by atoms with van der Waals surface area (Å²) in [7, 11) is 1.67. The van der Waals surface area contributed by atoms with Gasteiger partial charge < -0.3 is 26.3 Å². The Labute approximate surface area is 125 Å². The number of methoxy groups -OCH3 is 1. The van der Waals surface area contributed by atoms with E-state index in [2.05, 4.69) is 34.1 Å². The second-order valence-corrected chi connectivity index (χ2v) is 4.80. The van der Waals surface area contributed by atoms with Crippen LogP contribution in [0.1, 0.15) is 39.5 Å². The molecule has 0 spiro atoms. The molecule has 21 heavy (non-hydrogen) atoms. The van der Waals surface area contributed by atoms with Crippen molar-refractivity contribution in [2.45, 2.75) is 51.9 Å². The van der Waals surface area contributed by atoms with Gasteiger partial charge in [0.1, 0.15) is 6.23 Å². The summed E-state index contributed by atoms with van der Waals surface area (Å²) < 4.78 is 11.2. The Bertz CT molecular complexity index is 391. The lowest BCUT2D eigenvalue weighted by atomic mass is 10.2. The molecule has 0 saturated heterocycles. The van der Waals surface area contributed by atoms with Gasteiger partial charge >= 0.3 is 0 Å². The van der Waals surface area contributed by atoms with E-state index in [4.69, 9.17) is 20.9 Å². The molecule has 0 amide bonds. The molecule has 0 aliphatic carbocycles. The maximum absolute atomic E-state index is 6.04. The fraction of sp³-hybridized carbons (Fsp3) is 0.769. The lowest BCUT2D eigenvalue weighted by molar-refractivity contribution is -0.0442. The maximum Gasteiger partial charge on any atom is 0.231 e. The van der Waals surface area contributed by atoms with Crippen LogP contribution in [0.5, 0.6) is 0 Å². The number of nitrogen functional groups attached to an aromatic ring is 2. The summed E-state index contributed by atoms with van der Waals surface area (Å²) in [6, 6.07) is 0. The number of hydrogen-bond acceptors (Lipinski definition) is 8. The molecule has 1 rings (SSSR count). The van der Waals surface area contributed by atoms with Crippen molar-refractivity contribution >= 4 is 17.8 Å². The Hall–Kier alpha value is -1.67. The normalized spacial score (nSPS) is 13.9. The Kier molecular flexibility index (Phi) is 7.70. The predicted molar refractivity (Wildman–Crippen MR) is 82.6 cm³/mol. The van der Waals surface area contributed by atoms with Crippen LogP contribution in [0.15, 0.2) is 0 Å². The number of rotatable bonds is 10. The van der Waals surface area contributed by atoms with E-state index in [1.807, 2.05) is 0 Å². The zero-order valence-electron chi connectivity index (χ0n) is 13.0. The highest BCUT2D eigenvalue weighted by Gasteiger charge is 2.17. The van der Waals surface area contributed by atoms with E-state index in [1.165, 1.54) is 0 Å². The van der Waals surface area contributed by atoms with Crippen LogP contribution in [0.2, 0.25) is 0 Å². The van der Waals surface area contributed by atoms with Crippen molar-refractivity contribution in [1.82, 2.24) is 15.0 Å². The second-order valence-electron chi connectivity index (χ2n) is 4.80. The monoisotopic (exact) mass is 298 g/mol. The molecule has 0 radical (unpaired) electrons. The van der Waals surface area contributed by atoms with Crippen molar-refractivity contribution < 1.29 is 9.47 Å². The molecule has 1 heterocycles. The smallest absolute Gasteiger partial charge is 0.231 e. The Morgan fingerprint density at radius 3 is 2.19 bits per heavy atom. The molecule has 0 aliphatic rings. The van der Waals surface area contributed by atoms with Gasteiger partial charge in [-0.25, -0.2) is 0 Å². The maximum atomic E-state index is 6.04. The Morgan fingerprint density at radius 2 is 1.67 bits per heavy atom. The minimum absolute atomic E-state index is 0.0283. The first-order chi connectivity index (χ1) is 10.1. The number of nitrogens with zero attached hydrogens (tertiary/aromatic N) is 3. The number of nitrogens with two attached hydrogens (primary N) is 2. The van der Waals surface area contributed by atoms with Gasteiger partial charge in [0.05, 0.1) is 12.7 Å². The van der Waals surface area contributed by atoms with Crippen LogP contribution in [0.4, 0.5) is 17.8 Å². The van der Waals surface area contributed by atoms with Crippen LogP contribution in [0.3, 0.4) is 0 Å². The zero-order valence-corrected chi connectivity index (χ0v) is 13.0. The fourth-order valence-corrected chi connectivity index (χ4v) is 1.99. The van der Waals surface area contributed by atoms with Gasteiger partial charge in [0.15, 0.2) is 0 Å². The largest absolute Gasteiger partial charge is 0.382 e. The Morgan fingerprint density at radius 1 is 1.05 bits per heavy atom. The lowest BCUT2D eigenvalue weighted by Crippen LogP contribution is -2.32. The van der Waals surface area contributed by atoms with Gasteiger partial charge in [-0.2, -0.15) is 15.0 Å². The van der Waals surface area contributed by atoms with E-state index in [-0.39, 0.29) is 24.2 Å². The summed E-state index contributed by atoms with van der Waals surface area (Å²) in [5.74, 6) is 0.496. The highest BCUT2D eigenvalue weighted by Crippen LogP contribution is 2.13. The van der Waals surface area contributed by atoms with Crippen molar-refractivity contribution in [1.29, 1.82) is 0 Å². The van der Waals surface area contributed by atoms with Gasteiger partial charge in [-0.1, -0.05) is 26.7 Å².